The molecule has 2 rings (SSSR count). The number of piperidine rings is 1. The Morgan fingerprint density at radius 3 is 2.70 bits per heavy atom. The highest BCUT2D eigenvalue weighted by Crippen LogP contribution is 2.19. The fraction of sp³-hybridized carbons (Fsp3) is 0.632. The van der Waals surface area contributed by atoms with Gasteiger partial charge in [-0.05, 0) is 42.3 Å². The lowest BCUT2D eigenvalue weighted by atomic mass is 9.99. The second-order valence-corrected chi connectivity index (χ2v) is 7.24. The van der Waals surface area contributed by atoms with E-state index in [1.165, 1.54) is 37.1 Å². The summed E-state index contributed by atoms with van der Waals surface area (Å²) in [4.78, 5) is 14.6. The van der Waals surface area contributed by atoms with Gasteiger partial charge in [-0.1, -0.05) is 45.0 Å². The predicted molar refractivity (Wildman–Crippen MR) is 94.8 cm³/mol. The lowest BCUT2D eigenvalue weighted by Crippen LogP contribution is -2.43. The Morgan fingerprint density at radius 2 is 2.04 bits per heavy atom. The molecule has 1 heterocycles. The smallest absolute Gasteiger partial charge is 0.237 e. The van der Waals surface area contributed by atoms with Crippen LogP contribution in [-0.2, 0) is 17.9 Å². The Balaban J connectivity index is 1.96. The average molecular weight is 317 g/mol. The Kier molecular flexibility index (Phi) is 6.60. The summed E-state index contributed by atoms with van der Waals surface area (Å²) in [5.41, 5.74) is 8.40. The predicted octanol–water partition coefficient (Wildman–Crippen LogP) is 2.52. The van der Waals surface area contributed by atoms with Crippen LogP contribution in [0.25, 0.3) is 0 Å². The summed E-state index contributed by atoms with van der Waals surface area (Å²) in [6, 6.07) is 7.94. The van der Waals surface area contributed by atoms with E-state index in [0.717, 1.165) is 12.5 Å². The van der Waals surface area contributed by atoms with Crippen molar-refractivity contribution >= 4 is 5.91 Å². The van der Waals surface area contributed by atoms with E-state index in [2.05, 4.69) is 35.3 Å². The van der Waals surface area contributed by atoms with E-state index in [4.69, 9.17) is 5.73 Å². The fourth-order valence-electron chi connectivity index (χ4n) is 3.16. The largest absolute Gasteiger partial charge is 0.351 e. The number of nitrogens with two attached hydrogens (primary N) is 1. The van der Waals surface area contributed by atoms with Gasteiger partial charge in [-0.25, -0.2) is 0 Å². The van der Waals surface area contributed by atoms with Crippen LogP contribution in [-0.4, -0.2) is 29.9 Å². The van der Waals surface area contributed by atoms with Gasteiger partial charge in [0.1, 0.15) is 0 Å². The van der Waals surface area contributed by atoms with Gasteiger partial charge in [0.2, 0.25) is 5.91 Å². The minimum atomic E-state index is -0.440. The Bertz CT molecular complexity index is 515. The SMILES string of the molecule is CC1CCCN(Cc2ccccc2CNC(=O)[C@@H](N)C(C)C)C1. The number of carbonyl (C=O) groups excluding carboxylic acids is 1. The van der Waals surface area contributed by atoms with E-state index in [9.17, 15) is 4.79 Å². The summed E-state index contributed by atoms with van der Waals surface area (Å²) in [7, 11) is 0. The Hall–Kier alpha value is -1.39. The highest BCUT2D eigenvalue weighted by molar-refractivity contribution is 5.81. The summed E-state index contributed by atoms with van der Waals surface area (Å²) in [5.74, 6) is 0.862. The van der Waals surface area contributed by atoms with Gasteiger partial charge in [-0.15, -0.1) is 0 Å². The van der Waals surface area contributed by atoms with E-state index in [0.29, 0.717) is 6.54 Å². The summed E-state index contributed by atoms with van der Waals surface area (Å²) in [6.07, 6.45) is 2.62. The van der Waals surface area contributed by atoms with Crippen LogP contribution in [0.3, 0.4) is 0 Å². The zero-order valence-corrected chi connectivity index (χ0v) is 14.7. The van der Waals surface area contributed by atoms with Gasteiger partial charge in [0.15, 0.2) is 0 Å². The number of benzene rings is 1. The first kappa shape index (κ1) is 18.0. The van der Waals surface area contributed by atoms with E-state index < -0.39 is 6.04 Å². The van der Waals surface area contributed by atoms with Crippen molar-refractivity contribution in [1.82, 2.24) is 10.2 Å². The van der Waals surface area contributed by atoms with Gasteiger partial charge in [0.05, 0.1) is 6.04 Å². The van der Waals surface area contributed by atoms with Crippen LogP contribution in [0.5, 0.6) is 0 Å². The quantitative estimate of drug-likeness (QED) is 0.847. The minimum Gasteiger partial charge on any atom is -0.351 e. The molecule has 0 aromatic heterocycles. The third-order valence-electron chi connectivity index (χ3n) is 4.73. The zero-order valence-electron chi connectivity index (χ0n) is 14.7. The molecule has 1 amide bonds. The molecule has 1 unspecified atom stereocenters. The number of amides is 1. The van der Waals surface area contributed by atoms with Crippen molar-refractivity contribution in [3.05, 3.63) is 35.4 Å². The standard InChI is InChI=1S/C19H31N3O/c1-14(2)18(20)19(23)21-11-16-8-4-5-9-17(16)13-22-10-6-7-15(3)12-22/h4-5,8-9,14-15,18H,6-7,10-13,20H2,1-3H3,(H,21,23)/t15?,18-/m0/s1. The van der Waals surface area contributed by atoms with Crippen LogP contribution in [0.15, 0.2) is 24.3 Å². The number of nitrogens with zero attached hydrogens (tertiary/aromatic N) is 1. The van der Waals surface area contributed by atoms with Crippen molar-refractivity contribution in [2.75, 3.05) is 13.1 Å². The number of hydrogen-bond donors (Lipinski definition) is 2. The van der Waals surface area contributed by atoms with Crippen LogP contribution >= 0.6 is 0 Å². The second kappa shape index (κ2) is 8.46. The van der Waals surface area contributed by atoms with Crippen LogP contribution in [0.1, 0.15) is 44.7 Å². The molecule has 128 valence electrons. The molecule has 1 aliphatic rings. The molecule has 1 aromatic carbocycles. The van der Waals surface area contributed by atoms with Crippen LogP contribution < -0.4 is 11.1 Å². The van der Waals surface area contributed by atoms with E-state index in [1.54, 1.807) is 0 Å². The maximum Gasteiger partial charge on any atom is 0.237 e. The molecule has 0 saturated carbocycles. The summed E-state index contributed by atoms with van der Waals surface area (Å²) < 4.78 is 0. The van der Waals surface area contributed by atoms with Crippen molar-refractivity contribution in [1.29, 1.82) is 0 Å². The number of nitrogens with one attached hydrogen (secondary N) is 1. The summed E-state index contributed by atoms with van der Waals surface area (Å²) in [6.45, 7) is 10.1. The Labute approximate surface area is 140 Å². The van der Waals surface area contributed by atoms with Crippen molar-refractivity contribution < 1.29 is 4.79 Å². The second-order valence-electron chi connectivity index (χ2n) is 7.24. The number of rotatable bonds is 6. The maximum absolute atomic E-state index is 12.1. The van der Waals surface area contributed by atoms with Crippen molar-refractivity contribution in [3.8, 4) is 0 Å². The molecule has 0 aliphatic carbocycles. The maximum atomic E-state index is 12.1. The van der Waals surface area contributed by atoms with Gasteiger partial charge in [-0.3, -0.25) is 9.69 Å². The highest BCUT2D eigenvalue weighted by Gasteiger charge is 2.19. The number of likely N-dealkylation sites (tertiary alicyclic amines) is 1. The van der Waals surface area contributed by atoms with Crippen molar-refractivity contribution in [3.63, 3.8) is 0 Å². The molecule has 1 fully saturated rings. The van der Waals surface area contributed by atoms with Crippen molar-refractivity contribution in [2.45, 2.75) is 52.7 Å². The van der Waals surface area contributed by atoms with E-state index in [1.807, 2.05) is 19.9 Å². The topological polar surface area (TPSA) is 58.4 Å². The minimum absolute atomic E-state index is 0.0682. The molecule has 1 aliphatic heterocycles. The summed E-state index contributed by atoms with van der Waals surface area (Å²) >= 11 is 0. The number of hydrogen-bond acceptors (Lipinski definition) is 3. The average Bonchev–Trinajstić information content (AvgIpc) is 2.53. The molecule has 1 aromatic rings. The fourth-order valence-corrected chi connectivity index (χ4v) is 3.16. The normalized spacial score (nSPS) is 20.5. The third-order valence-corrected chi connectivity index (χ3v) is 4.73. The van der Waals surface area contributed by atoms with Gasteiger partial charge in [0, 0.05) is 19.6 Å². The van der Waals surface area contributed by atoms with E-state index in [-0.39, 0.29) is 11.8 Å². The molecule has 0 spiro atoms. The van der Waals surface area contributed by atoms with Gasteiger partial charge in [0.25, 0.3) is 0 Å². The first-order chi connectivity index (χ1) is 11.0. The molecule has 3 N–H and O–H groups in total. The first-order valence-electron chi connectivity index (χ1n) is 8.79. The van der Waals surface area contributed by atoms with Gasteiger partial charge < -0.3 is 11.1 Å². The first-order valence-corrected chi connectivity index (χ1v) is 8.79. The number of carbonyl (C=O) groups is 1. The molecule has 0 radical (unpaired) electrons. The zero-order chi connectivity index (χ0) is 16.8. The van der Waals surface area contributed by atoms with Gasteiger partial charge >= 0.3 is 0 Å². The molecule has 2 atom stereocenters. The third kappa shape index (κ3) is 5.33. The molecule has 4 nitrogen and oxygen atoms in total. The van der Waals surface area contributed by atoms with Crippen molar-refractivity contribution in [2.24, 2.45) is 17.6 Å². The lowest BCUT2D eigenvalue weighted by molar-refractivity contribution is -0.123. The van der Waals surface area contributed by atoms with Crippen LogP contribution in [0, 0.1) is 11.8 Å². The lowest BCUT2D eigenvalue weighted by Gasteiger charge is -2.31. The molecular formula is C19H31N3O. The molecule has 23 heavy (non-hydrogen) atoms. The molecule has 1 saturated heterocycles. The van der Waals surface area contributed by atoms with Crippen LogP contribution in [0.2, 0.25) is 0 Å². The van der Waals surface area contributed by atoms with Crippen LogP contribution in [0.4, 0.5) is 0 Å². The summed E-state index contributed by atoms with van der Waals surface area (Å²) in [5, 5.41) is 2.98. The van der Waals surface area contributed by atoms with E-state index >= 15 is 0 Å². The molecule has 0 bridgehead atoms. The monoisotopic (exact) mass is 317 g/mol. The molecular weight excluding hydrogens is 286 g/mol. The molecule has 4 heteroatoms. The Morgan fingerprint density at radius 1 is 1.35 bits per heavy atom. The highest BCUT2D eigenvalue weighted by atomic mass is 16.2. The van der Waals surface area contributed by atoms with Gasteiger partial charge in [-0.2, -0.15) is 0 Å².